The molecule has 13 heavy (non-hydrogen) atoms. The van der Waals surface area contributed by atoms with Crippen LogP contribution in [0.1, 0.15) is 60.3 Å². The molecule has 3 atom stereocenters. The van der Waals surface area contributed by atoms with Gasteiger partial charge in [-0.05, 0) is 42.4 Å². The van der Waals surface area contributed by atoms with E-state index in [2.05, 4.69) is 34.6 Å². The topological polar surface area (TPSA) is 0 Å². The molecule has 0 bridgehead atoms. The summed E-state index contributed by atoms with van der Waals surface area (Å²) < 4.78 is 0. The summed E-state index contributed by atoms with van der Waals surface area (Å²) in [6.07, 6.45) is 5.72. The average molecular weight is 182 g/mol. The Morgan fingerprint density at radius 1 is 1.23 bits per heavy atom. The first-order chi connectivity index (χ1) is 6.08. The largest absolute Gasteiger partial charge is 0.0651 e. The minimum absolute atomic E-state index is 0.711. The molecule has 0 N–H and O–H groups in total. The molecule has 0 spiro atoms. The molecular formula is C13H26. The molecule has 0 heteroatoms. The van der Waals surface area contributed by atoms with Crippen LogP contribution < -0.4 is 0 Å². The summed E-state index contributed by atoms with van der Waals surface area (Å²) in [7, 11) is 0. The predicted octanol–water partition coefficient (Wildman–Crippen LogP) is 4.49. The highest BCUT2D eigenvalue weighted by molar-refractivity contribution is 4.98. The van der Waals surface area contributed by atoms with E-state index < -0.39 is 0 Å². The summed E-state index contributed by atoms with van der Waals surface area (Å²) in [5.74, 6) is 2.83. The van der Waals surface area contributed by atoms with Gasteiger partial charge in [0.15, 0.2) is 0 Å². The minimum Gasteiger partial charge on any atom is -0.0651 e. The fourth-order valence-electron chi connectivity index (χ4n) is 3.48. The smallest absolute Gasteiger partial charge is 0.0244 e. The van der Waals surface area contributed by atoms with Gasteiger partial charge in [0.1, 0.15) is 0 Å². The zero-order chi connectivity index (χ0) is 10.1. The highest BCUT2D eigenvalue weighted by atomic mass is 14.5. The third-order valence-electron chi connectivity index (χ3n) is 4.72. The zero-order valence-corrected chi connectivity index (χ0v) is 10.1. The summed E-state index contributed by atoms with van der Waals surface area (Å²) in [5, 5.41) is 0. The highest BCUT2D eigenvalue weighted by Gasteiger charge is 2.48. The van der Waals surface area contributed by atoms with E-state index in [4.69, 9.17) is 0 Å². The molecule has 0 amide bonds. The lowest BCUT2D eigenvalue weighted by molar-refractivity contribution is -0.0575. The molecule has 1 fully saturated rings. The number of hydrogen-bond donors (Lipinski definition) is 0. The third-order valence-corrected chi connectivity index (χ3v) is 4.72. The van der Waals surface area contributed by atoms with Crippen LogP contribution in [0.15, 0.2) is 0 Å². The van der Waals surface area contributed by atoms with E-state index in [0.717, 1.165) is 17.8 Å². The number of hydrogen-bond acceptors (Lipinski definition) is 0. The van der Waals surface area contributed by atoms with Crippen LogP contribution in [0.3, 0.4) is 0 Å². The lowest BCUT2D eigenvalue weighted by Gasteiger charge is -2.55. The van der Waals surface area contributed by atoms with Gasteiger partial charge in [0, 0.05) is 0 Å². The molecule has 0 heterocycles. The second kappa shape index (κ2) is 4.02. The van der Waals surface area contributed by atoms with Crippen molar-refractivity contribution in [2.45, 2.75) is 60.3 Å². The van der Waals surface area contributed by atoms with E-state index in [1.165, 1.54) is 25.7 Å². The van der Waals surface area contributed by atoms with Gasteiger partial charge in [0.05, 0.1) is 0 Å². The molecule has 0 nitrogen and oxygen atoms in total. The first-order valence-electron chi connectivity index (χ1n) is 6.08. The molecule has 0 saturated heterocycles. The van der Waals surface area contributed by atoms with Crippen LogP contribution in [0, 0.1) is 23.2 Å². The van der Waals surface area contributed by atoms with Crippen molar-refractivity contribution in [1.82, 2.24) is 0 Å². The van der Waals surface area contributed by atoms with Gasteiger partial charge in [0.2, 0.25) is 0 Å². The maximum atomic E-state index is 2.46. The molecular weight excluding hydrogens is 156 g/mol. The van der Waals surface area contributed by atoms with Gasteiger partial charge in [-0.2, -0.15) is 0 Å². The summed E-state index contributed by atoms with van der Waals surface area (Å²) in [6, 6.07) is 0. The minimum atomic E-state index is 0.711. The Balaban J connectivity index is 2.70. The van der Waals surface area contributed by atoms with Gasteiger partial charge in [-0.25, -0.2) is 0 Å². The van der Waals surface area contributed by atoms with Crippen LogP contribution >= 0.6 is 0 Å². The van der Waals surface area contributed by atoms with Crippen LogP contribution in [-0.4, -0.2) is 0 Å². The molecule has 0 aromatic heterocycles. The Kier molecular flexibility index (Phi) is 3.43. The van der Waals surface area contributed by atoms with E-state index in [-0.39, 0.29) is 0 Å². The van der Waals surface area contributed by atoms with Gasteiger partial charge in [0.25, 0.3) is 0 Å². The van der Waals surface area contributed by atoms with Gasteiger partial charge in [-0.1, -0.05) is 41.0 Å². The fraction of sp³-hybridized carbons (Fsp3) is 1.00. The van der Waals surface area contributed by atoms with Crippen molar-refractivity contribution < 1.29 is 0 Å². The molecule has 1 saturated carbocycles. The number of rotatable bonds is 4. The molecule has 0 aromatic rings. The van der Waals surface area contributed by atoms with Crippen molar-refractivity contribution in [2.24, 2.45) is 23.2 Å². The van der Waals surface area contributed by atoms with Crippen LogP contribution in [0.4, 0.5) is 0 Å². The molecule has 0 aliphatic heterocycles. The molecule has 78 valence electrons. The maximum absolute atomic E-state index is 2.46. The third kappa shape index (κ3) is 1.65. The Morgan fingerprint density at radius 2 is 1.85 bits per heavy atom. The first kappa shape index (κ1) is 11.1. The van der Waals surface area contributed by atoms with E-state index in [1.54, 1.807) is 0 Å². The lowest BCUT2D eigenvalue weighted by Crippen LogP contribution is -2.47. The van der Waals surface area contributed by atoms with Crippen molar-refractivity contribution in [3.05, 3.63) is 0 Å². The van der Waals surface area contributed by atoms with Crippen LogP contribution in [0.5, 0.6) is 0 Å². The molecule has 0 aromatic carbocycles. The van der Waals surface area contributed by atoms with E-state index >= 15 is 0 Å². The molecule has 3 unspecified atom stereocenters. The summed E-state index contributed by atoms with van der Waals surface area (Å²) >= 11 is 0. The summed E-state index contributed by atoms with van der Waals surface area (Å²) in [5.41, 5.74) is 0.711. The Morgan fingerprint density at radius 3 is 2.08 bits per heavy atom. The fourth-order valence-corrected chi connectivity index (χ4v) is 3.48. The quantitative estimate of drug-likeness (QED) is 0.600. The molecule has 1 rings (SSSR count). The van der Waals surface area contributed by atoms with Crippen LogP contribution in [-0.2, 0) is 0 Å². The van der Waals surface area contributed by atoms with E-state index in [0.29, 0.717) is 5.41 Å². The summed E-state index contributed by atoms with van der Waals surface area (Å²) in [6.45, 7) is 12.0. The van der Waals surface area contributed by atoms with Crippen molar-refractivity contribution in [3.63, 3.8) is 0 Å². The second-order valence-corrected chi connectivity index (χ2v) is 5.29. The zero-order valence-electron chi connectivity index (χ0n) is 10.1. The monoisotopic (exact) mass is 182 g/mol. The standard InChI is InChI=1S/C13H26/c1-6-11(5)13(7-2)9-8-12(13)10(3)4/h10-12H,6-9H2,1-5H3. The molecule has 1 aliphatic carbocycles. The van der Waals surface area contributed by atoms with Crippen molar-refractivity contribution in [1.29, 1.82) is 0 Å². The maximum Gasteiger partial charge on any atom is -0.0244 e. The highest BCUT2D eigenvalue weighted by Crippen LogP contribution is 2.57. The van der Waals surface area contributed by atoms with Crippen molar-refractivity contribution >= 4 is 0 Å². The predicted molar refractivity (Wildman–Crippen MR) is 59.7 cm³/mol. The SMILES string of the molecule is CCC(C)C1(CC)CCC1C(C)C. The van der Waals surface area contributed by atoms with Gasteiger partial charge in [-0.3, -0.25) is 0 Å². The van der Waals surface area contributed by atoms with E-state index in [1.807, 2.05) is 0 Å². The van der Waals surface area contributed by atoms with Gasteiger partial charge < -0.3 is 0 Å². The van der Waals surface area contributed by atoms with Crippen molar-refractivity contribution in [3.8, 4) is 0 Å². The Hall–Kier alpha value is 0. The van der Waals surface area contributed by atoms with Gasteiger partial charge >= 0.3 is 0 Å². The van der Waals surface area contributed by atoms with Crippen LogP contribution in [0.2, 0.25) is 0 Å². The summed E-state index contributed by atoms with van der Waals surface area (Å²) in [4.78, 5) is 0. The second-order valence-electron chi connectivity index (χ2n) is 5.29. The van der Waals surface area contributed by atoms with E-state index in [9.17, 15) is 0 Å². The van der Waals surface area contributed by atoms with Crippen LogP contribution in [0.25, 0.3) is 0 Å². The van der Waals surface area contributed by atoms with Crippen molar-refractivity contribution in [2.75, 3.05) is 0 Å². The Labute approximate surface area is 84.1 Å². The van der Waals surface area contributed by atoms with Gasteiger partial charge in [-0.15, -0.1) is 0 Å². The normalized spacial score (nSPS) is 36.0. The first-order valence-corrected chi connectivity index (χ1v) is 6.08. The Bertz CT molecular complexity index is 155. The molecule has 1 aliphatic rings. The average Bonchev–Trinajstić information content (AvgIpc) is 2.03. The lowest BCUT2D eigenvalue weighted by atomic mass is 9.50. The molecule has 0 radical (unpaired) electrons.